The SMILES string of the molecule is CN1[CH-]N(c2[c-]c(Sc3[c-]c4c(cc3)c3ccccc3n4-c3ccccn3)ccc2)c2nccnc21.[Pt]. The van der Waals surface area contributed by atoms with Crippen LogP contribution in [-0.2, 0) is 21.1 Å². The van der Waals surface area contributed by atoms with E-state index in [1.807, 2.05) is 60.0 Å². The van der Waals surface area contributed by atoms with Gasteiger partial charge in [-0.25, -0.2) is 15.0 Å². The number of anilines is 3. The minimum absolute atomic E-state index is 0. The van der Waals surface area contributed by atoms with Crippen molar-refractivity contribution < 1.29 is 21.1 Å². The third-order valence-electron chi connectivity index (χ3n) is 6.18. The molecule has 0 unspecified atom stereocenters. The number of benzene rings is 3. The van der Waals surface area contributed by atoms with E-state index in [1.165, 1.54) is 5.39 Å². The fourth-order valence-electron chi connectivity index (χ4n) is 4.61. The summed E-state index contributed by atoms with van der Waals surface area (Å²) < 4.78 is 2.18. The number of nitrogens with zero attached hydrogens (tertiary/aromatic N) is 6. The molecule has 3 aromatic heterocycles. The van der Waals surface area contributed by atoms with Gasteiger partial charge in [0.25, 0.3) is 0 Å². The first-order valence-corrected chi connectivity index (χ1v) is 12.3. The molecule has 0 spiro atoms. The van der Waals surface area contributed by atoms with E-state index in [4.69, 9.17) is 0 Å². The maximum Gasteiger partial charge on any atom is 0.143 e. The normalized spacial score (nSPS) is 12.7. The monoisotopic (exact) mass is 678 g/mol. The second kappa shape index (κ2) is 9.65. The maximum absolute atomic E-state index is 4.62. The Morgan fingerprint density at radius 2 is 1.54 bits per heavy atom. The van der Waals surface area contributed by atoms with Crippen molar-refractivity contribution in [3.8, 4) is 5.82 Å². The fraction of sp³-hybridized carbons (Fsp3) is 0.0345. The van der Waals surface area contributed by atoms with Crippen molar-refractivity contribution in [1.29, 1.82) is 0 Å². The standard InChI is InChI=1S/C29H19N6S.Pt/c1-33-19-34(29-28(33)31-15-16-32-29)20-7-6-8-21(17-20)36-22-12-13-24-23-9-2-3-10-25(23)35(26(24)18-22)27-11-4-5-14-30-27;/h2-16,19H,1H3;/q-3;. The molecule has 0 atom stereocenters. The van der Waals surface area contributed by atoms with Gasteiger partial charge in [-0.05, 0) is 30.6 Å². The first kappa shape index (κ1) is 23.7. The van der Waals surface area contributed by atoms with Crippen LogP contribution in [0.3, 0.4) is 0 Å². The molecule has 37 heavy (non-hydrogen) atoms. The molecule has 4 heterocycles. The van der Waals surface area contributed by atoms with E-state index in [0.29, 0.717) is 0 Å². The van der Waals surface area contributed by atoms with Crippen molar-refractivity contribution in [3.63, 3.8) is 0 Å². The molecule has 6 aromatic rings. The molecule has 0 radical (unpaired) electrons. The molecule has 8 heteroatoms. The number of hydrogen-bond acceptors (Lipinski definition) is 6. The third-order valence-corrected chi connectivity index (χ3v) is 7.09. The first-order chi connectivity index (χ1) is 17.8. The quantitative estimate of drug-likeness (QED) is 0.201. The van der Waals surface area contributed by atoms with Gasteiger partial charge in [0.2, 0.25) is 0 Å². The Balaban J connectivity index is 0.00000252. The molecule has 0 N–H and O–H groups in total. The topological polar surface area (TPSA) is 50.1 Å². The van der Waals surface area contributed by atoms with E-state index in [9.17, 15) is 0 Å². The first-order valence-electron chi connectivity index (χ1n) is 11.5. The van der Waals surface area contributed by atoms with E-state index in [1.54, 1.807) is 24.2 Å². The van der Waals surface area contributed by atoms with Crippen LogP contribution in [0.4, 0.5) is 17.3 Å². The number of hydrogen-bond donors (Lipinski definition) is 0. The van der Waals surface area contributed by atoms with Crippen molar-refractivity contribution in [2.75, 3.05) is 16.8 Å². The maximum atomic E-state index is 4.62. The molecule has 0 saturated carbocycles. The largest absolute Gasteiger partial charge is 0.487 e. The van der Waals surface area contributed by atoms with Crippen LogP contribution >= 0.6 is 11.8 Å². The van der Waals surface area contributed by atoms with Gasteiger partial charge < -0.3 is 14.4 Å². The van der Waals surface area contributed by atoms with E-state index in [-0.39, 0.29) is 21.1 Å². The van der Waals surface area contributed by atoms with Crippen LogP contribution in [0.1, 0.15) is 0 Å². The van der Waals surface area contributed by atoms with Gasteiger partial charge in [0.05, 0.1) is 0 Å². The molecule has 3 aromatic carbocycles. The van der Waals surface area contributed by atoms with Gasteiger partial charge in [-0.1, -0.05) is 29.8 Å². The van der Waals surface area contributed by atoms with E-state index < -0.39 is 0 Å². The second-order valence-electron chi connectivity index (χ2n) is 8.43. The zero-order valence-electron chi connectivity index (χ0n) is 19.6. The minimum atomic E-state index is 0. The Morgan fingerprint density at radius 3 is 2.41 bits per heavy atom. The predicted molar refractivity (Wildman–Crippen MR) is 144 cm³/mol. The van der Waals surface area contributed by atoms with Crippen LogP contribution in [-0.4, -0.2) is 26.6 Å². The molecule has 184 valence electrons. The number of rotatable bonds is 4. The van der Waals surface area contributed by atoms with Gasteiger partial charge in [-0.15, -0.1) is 57.5 Å². The van der Waals surface area contributed by atoms with E-state index in [0.717, 1.165) is 49.4 Å². The number of fused-ring (bicyclic) bond motifs is 4. The van der Waals surface area contributed by atoms with Crippen molar-refractivity contribution in [3.05, 3.63) is 110 Å². The van der Waals surface area contributed by atoms with Crippen LogP contribution in [0.25, 0.3) is 27.6 Å². The Kier molecular flexibility index (Phi) is 6.19. The minimum Gasteiger partial charge on any atom is -0.487 e. The number of aromatic nitrogens is 4. The Labute approximate surface area is 233 Å². The van der Waals surface area contributed by atoms with E-state index >= 15 is 0 Å². The average Bonchev–Trinajstić information content (AvgIpc) is 3.44. The molecule has 0 saturated heterocycles. The summed E-state index contributed by atoms with van der Waals surface area (Å²) in [5, 5.41) is 2.34. The molecule has 0 fully saturated rings. The Morgan fingerprint density at radius 1 is 0.730 bits per heavy atom. The van der Waals surface area contributed by atoms with Crippen LogP contribution < -0.4 is 9.80 Å². The summed E-state index contributed by atoms with van der Waals surface area (Å²) in [6.45, 7) is 1.98. The molecule has 0 bridgehead atoms. The van der Waals surface area contributed by atoms with Crippen molar-refractivity contribution >= 4 is 50.9 Å². The number of para-hydroxylation sites is 1. The summed E-state index contributed by atoms with van der Waals surface area (Å²) in [6, 6.07) is 32.0. The molecule has 7 rings (SSSR count). The van der Waals surface area contributed by atoms with E-state index in [2.05, 4.69) is 74.1 Å². The Hall–Kier alpha value is -3.67. The van der Waals surface area contributed by atoms with Gasteiger partial charge in [0.15, 0.2) is 0 Å². The average molecular weight is 679 g/mol. The third kappa shape index (κ3) is 4.08. The fourth-order valence-corrected chi connectivity index (χ4v) is 5.44. The van der Waals surface area contributed by atoms with Crippen molar-refractivity contribution in [2.24, 2.45) is 0 Å². The Bertz CT molecular complexity index is 1740. The predicted octanol–water partition coefficient (Wildman–Crippen LogP) is 6.42. The van der Waals surface area contributed by atoms with Gasteiger partial charge in [0.1, 0.15) is 17.5 Å². The number of pyridine rings is 1. The summed E-state index contributed by atoms with van der Waals surface area (Å²) in [5.41, 5.74) is 3.04. The molecular weight excluding hydrogens is 660 g/mol. The summed E-state index contributed by atoms with van der Waals surface area (Å²) in [4.78, 5) is 19.6. The molecule has 1 aliphatic rings. The van der Waals surface area contributed by atoms with Crippen LogP contribution in [0.15, 0.2) is 101 Å². The molecule has 0 amide bonds. The summed E-state index contributed by atoms with van der Waals surface area (Å²) in [5.74, 6) is 2.50. The van der Waals surface area contributed by atoms with Gasteiger partial charge in [0, 0.05) is 45.2 Å². The molecule has 1 aliphatic heterocycles. The van der Waals surface area contributed by atoms with Crippen LogP contribution in [0.5, 0.6) is 0 Å². The van der Waals surface area contributed by atoms with Gasteiger partial charge in [-0.2, -0.15) is 24.3 Å². The summed E-state index contributed by atoms with van der Waals surface area (Å²) in [6.07, 6.45) is 5.24. The van der Waals surface area contributed by atoms with Crippen LogP contribution in [0.2, 0.25) is 0 Å². The second-order valence-corrected chi connectivity index (χ2v) is 9.51. The molecule has 6 nitrogen and oxygen atoms in total. The molecular formula is C29H19N6PtS-3. The molecule has 0 aliphatic carbocycles. The van der Waals surface area contributed by atoms with Gasteiger partial charge in [-0.3, -0.25) is 0 Å². The van der Waals surface area contributed by atoms with Crippen LogP contribution in [0, 0.1) is 18.8 Å². The summed E-state index contributed by atoms with van der Waals surface area (Å²) in [7, 11) is 1.97. The van der Waals surface area contributed by atoms with Crippen molar-refractivity contribution in [1.82, 2.24) is 19.5 Å². The smallest absolute Gasteiger partial charge is 0.143 e. The summed E-state index contributed by atoms with van der Waals surface area (Å²) >= 11 is 1.64. The van der Waals surface area contributed by atoms with Crippen molar-refractivity contribution in [2.45, 2.75) is 9.79 Å². The zero-order chi connectivity index (χ0) is 24.1. The zero-order valence-corrected chi connectivity index (χ0v) is 22.7. The van der Waals surface area contributed by atoms with Gasteiger partial charge >= 0.3 is 0 Å².